The Morgan fingerprint density at radius 2 is 2.20 bits per heavy atom. The minimum atomic E-state index is -0.0981. The largest absolute Gasteiger partial charge is 0.392 e. The highest BCUT2D eigenvalue weighted by Crippen LogP contribution is 2.08. The van der Waals surface area contributed by atoms with Gasteiger partial charge in [0.15, 0.2) is 0 Å². The molecule has 2 N–H and O–H groups in total. The SMILES string of the molecule is CC(=Cc1ccccc1)CNCCCN1CC[C@@H](O)C1. The van der Waals surface area contributed by atoms with Crippen molar-refractivity contribution in [1.29, 1.82) is 0 Å². The van der Waals surface area contributed by atoms with Crippen LogP contribution in [0.3, 0.4) is 0 Å². The van der Waals surface area contributed by atoms with Crippen LogP contribution in [0.4, 0.5) is 0 Å². The molecule has 1 heterocycles. The second kappa shape index (κ2) is 8.20. The second-order valence-corrected chi connectivity index (χ2v) is 5.67. The first-order valence-electron chi connectivity index (χ1n) is 7.57. The number of rotatable bonds is 7. The number of aliphatic hydroxyl groups excluding tert-OH is 1. The Labute approximate surface area is 122 Å². The molecule has 1 atom stereocenters. The zero-order valence-electron chi connectivity index (χ0n) is 12.4. The van der Waals surface area contributed by atoms with Crippen molar-refractivity contribution >= 4 is 6.08 Å². The Balaban J connectivity index is 1.58. The van der Waals surface area contributed by atoms with E-state index >= 15 is 0 Å². The number of β-amino-alcohol motifs (C(OH)–C–C–N with tert-alkyl or cyclic N) is 1. The number of nitrogens with one attached hydrogen (secondary N) is 1. The van der Waals surface area contributed by atoms with Gasteiger partial charge >= 0.3 is 0 Å². The van der Waals surface area contributed by atoms with Gasteiger partial charge in [0.05, 0.1) is 6.10 Å². The number of hydrogen-bond acceptors (Lipinski definition) is 3. The Kier molecular flexibility index (Phi) is 6.25. The summed E-state index contributed by atoms with van der Waals surface area (Å²) in [5.74, 6) is 0. The van der Waals surface area contributed by atoms with Crippen molar-refractivity contribution in [2.45, 2.75) is 25.9 Å². The molecule has 3 heteroatoms. The summed E-state index contributed by atoms with van der Waals surface area (Å²) in [6.07, 6.45) is 4.21. The van der Waals surface area contributed by atoms with Gasteiger partial charge in [0, 0.05) is 19.6 Å². The first-order chi connectivity index (χ1) is 9.74. The van der Waals surface area contributed by atoms with E-state index in [1.807, 2.05) is 6.07 Å². The molecule has 0 unspecified atom stereocenters. The van der Waals surface area contributed by atoms with Crippen molar-refractivity contribution in [2.24, 2.45) is 0 Å². The summed E-state index contributed by atoms with van der Waals surface area (Å²) in [5.41, 5.74) is 2.62. The predicted molar refractivity (Wildman–Crippen MR) is 84.6 cm³/mol. The normalized spacial score (nSPS) is 20.5. The van der Waals surface area contributed by atoms with Crippen LogP contribution < -0.4 is 5.32 Å². The molecule has 0 saturated carbocycles. The van der Waals surface area contributed by atoms with Crippen LogP contribution in [-0.4, -0.2) is 48.8 Å². The van der Waals surface area contributed by atoms with Gasteiger partial charge in [0.1, 0.15) is 0 Å². The van der Waals surface area contributed by atoms with Gasteiger partial charge in [-0.05, 0) is 38.4 Å². The molecule has 1 aromatic carbocycles. The molecule has 1 aromatic rings. The number of hydrogen-bond donors (Lipinski definition) is 2. The summed E-state index contributed by atoms with van der Waals surface area (Å²) >= 11 is 0. The van der Waals surface area contributed by atoms with E-state index in [1.54, 1.807) is 0 Å². The second-order valence-electron chi connectivity index (χ2n) is 5.67. The molecule has 0 radical (unpaired) electrons. The molecule has 2 rings (SSSR count). The number of benzene rings is 1. The summed E-state index contributed by atoms with van der Waals surface area (Å²) in [4.78, 5) is 2.35. The molecule has 1 aliphatic rings. The molecule has 1 saturated heterocycles. The van der Waals surface area contributed by atoms with Gasteiger partial charge in [0.25, 0.3) is 0 Å². The van der Waals surface area contributed by atoms with E-state index in [0.29, 0.717) is 0 Å². The van der Waals surface area contributed by atoms with Crippen LogP contribution in [0, 0.1) is 0 Å². The molecule has 1 fully saturated rings. The highest BCUT2D eigenvalue weighted by Gasteiger charge is 2.18. The number of likely N-dealkylation sites (tertiary alicyclic amines) is 1. The minimum Gasteiger partial charge on any atom is -0.392 e. The highest BCUT2D eigenvalue weighted by atomic mass is 16.3. The van der Waals surface area contributed by atoms with Gasteiger partial charge in [-0.15, -0.1) is 0 Å². The summed E-state index contributed by atoms with van der Waals surface area (Å²) < 4.78 is 0. The lowest BCUT2D eigenvalue weighted by Gasteiger charge is -2.14. The maximum Gasteiger partial charge on any atom is 0.0679 e. The molecule has 0 aromatic heterocycles. The molecule has 110 valence electrons. The molecule has 0 aliphatic carbocycles. The van der Waals surface area contributed by atoms with Crippen LogP contribution >= 0.6 is 0 Å². The van der Waals surface area contributed by atoms with Gasteiger partial charge in [-0.3, -0.25) is 0 Å². The van der Waals surface area contributed by atoms with Crippen molar-refractivity contribution in [1.82, 2.24) is 10.2 Å². The lowest BCUT2D eigenvalue weighted by Crippen LogP contribution is -2.27. The quantitative estimate of drug-likeness (QED) is 0.748. The molecule has 0 spiro atoms. The first kappa shape index (κ1) is 15.2. The summed E-state index contributed by atoms with van der Waals surface area (Å²) in [6, 6.07) is 10.4. The number of aliphatic hydroxyl groups is 1. The maximum absolute atomic E-state index is 9.45. The van der Waals surface area contributed by atoms with Crippen LogP contribution in [0.2, 0.25) is 0 Å². The fraction of sp³-hybridized carbons (Fsp3) is 0.529. The van der Waals surface area contributed by atoms with Gasteiger partial charge in [-0.25, -0.2) is 0 Å². The Hall–Kier alpha value is -1.16. The lowest BCUT2D eigenvalue weighted by atomic mass is 10.1. The zero-order valence-corrected chi connectivity index (χ0v) is 12.4. The Morgan fingerprint density at radius 3 is 2.90 bits per heavy atom. The van der Waals surface area contributed by atoms with E-state index in [4.69, 9.17) is 0 Å². The molecular weight excluding hydrogens is 248 g/mol. The van der Waals surface area contributed by atoms with Gasteiger partial charge in [-0.1, -0.05) is 42.0 Å². The van der Waals surface area contributed by atoms with Crippen molar-refractivity contribution in [3.63, 3.8) is 0 Å². The number of nitrogens with zero attached hydrogens (tertiary/aromatic N) is 1. The first-order valence-corrected chi connectivity index (χ1v) is 7.57. The summed E-state index contributed by atoms with van der Waals surface area (Å²) in [5, 5.41) is 12.9. The molecular formula is C17H26N2O. The predicted octanol–water partition coefficient (Wildman–Crippen LogP) is 2.14. The minimum absolute atomic E-state index is 0.0981. The van der Waals surface area contributed by atoms with Crippen LogP contribution in [-0.2, 0) is 0 Å². The molecule has 0 amide bonds. The summed E-state index contributed by atoms with van der Waals surface area (Å²) in [7, 11) is 0. The van der Waals surface area contributed by atoms with Crippen molar-refractivity contribution < 1.29 is 5.11 Å². The standard InChI is InChI=1S/C17H26N2O/c1-15(12-16-6-3-2-4-7-16)13-18-9-5-10-19-11-8-17(20)14-19/h2-4,6-7,12,17-18,20H,5,8-11,13-14H2,1H3/t17-/m1/s1. The average molecular weight is 274 g/mol. The van der Waals surface area contributed by atoms with Gasteiger partial charge in [-0.2, -0.15) is 0 Å². The molecule has 1 aliphatic heterocycles. The molecule has 3 nitrogen and oxygen atoms in total. The third-order valence-corrected chi connectivity index (χ3v) is 3.69. The van der Waals surface area contributed by atoms with Crippen LogP contribution in [0.1, 0.15) is 25.3 Å². The van der Waals surface area contributed by atoms with E-state index in [-0.39, 0.29) is 6.10 Å². The van der Waals surface area contributed by atoms with Gasteiger partial charge < -0.3 is 15.3 Å². The topological polar surface area (TPSA) is 35.5 Å². The Bertz CT molecular complexity index is 416. The average Bonchev–Trinajstić information content (AvgIpc) is 2.85. The van der Waals surface area contributed by atoms with E-state index < -0.39 is 0 Å². The van der Waals surface area contributed by atoms with E-state index in [0.717, 1.165) is 45.6 Å². The lowest BCUT2D eigenvalue weighted by molar-refractivity contribution is 0.176. The molecule has 20 heavy (non-hydrogen) atoms. The third-order valence-electron chi connectivity index (χ3n) is 3.69. The Morgan fingerprint density at radius 1 is 1.40 bits per heavy atom. The van der Waals surface area contributed by atoms with Gasteiger partial charge in [0.2, 0.25) is 0 Å². The molecule has 0 bridgehead atoms. The monoisotopic (exact) mass is 274 g/mol. The van der Waals surface area contributed by atoms with Crippen molar-refractivity contribution in [3.8, 4) is 0 Å². The van der Waals surface area contributed by atoms with E-state index in [2.05, 4.69) is 47.5 Å². The van der Waals surface area contributed by atoms with Crippen molar-refractivity contribution in [2.75, 3.05) is 32.7 Å². The smallest absolute Gasteiger partial charge is 0.0679 e. The van der Waals surface area contributed by atoms with Crippen LogP contribution in [0.5, 0.6) is 0 Å². The zero-order chi connectivity index (χ0) is 14.2. The fourth-order valence-electron chi connectivity index (χ4n) is 2.61. The van der Waals surface area contributed by atoms with Crippen LogP contribution in [0.15, 0.2) is 35.9 Å². The highest BCUT2D eigenvalue weighted by molar-refractivity contribution is 5.52. The maximum atomic E-state index is 9.45. The fourth-order valence-corrected chi connectivity index (χ4v) is 2.61. The van der Waals surface area contributed by atoms with Crippen LogP contribution in [0.25, 0.3) is 6.08 Å². The summed E-state index contributed by atoms with van der Waals surface area (Å²) in [6.45, 7) is 7.13. The van der Waals surface area contributed by atoms with E-state index in [9.17, 15) is 5.11 Å². The third kappa shape index (κ3) is 5.45. The van der Waals surface area contributed by atoms with E-state index in [1.165, 1.54) is 11.1 Å². The van der Waals surface area contributed by atoms with Crippen molar-refractivity contribution in [3.05, 3.63) is 41.5 Å².